The second-order valence-corrected chi connectivity index (χ2v) is 11.4. The molecular weight excluding hydrogens is 589 g/mol. The van der Waals surface area contributed by atoms with E-state index in [1.807, 2.05) is 18.2 Å². The zero-order chi connectivity index (χ0) is 31.8. The minimum Gasteiger partial charge on any atom is -0.364 e. The Kier molecular flexibility index (Phi) is 7.56. The van der Waals surface area contributed by atoms with Crippen LogP contribution in [0.3, 0.4) is 0 Å². The molecule has 12 nitrogen and oxygen atoms in total. The molecule has 3 aromatic heterocycles. The zero-order valence-electron chi connectivity index (χ0n) is 24.7. The van der Waals surface area contributed by atoms with E-state index in [0.29, 0.717) is 22.4 Å². The van der Waals surface area contributed by atoms with Gasteiger partial charge in [-0.25, -0.2) is 9.37 Å². The van der Waals surface area contributed by atoms with Gasteiger partial charge < -0.3 is 20.9 Å². The number of para-hydroxylation sites is 1. The molecule has 0 bridgehead atoms. The fourth-order valence-corrected chi connectivity index (χ4v) is 6.29. The van der Waals surface area contributed by atoms with Gasteiger partial charge in [-0.1, -0.05) is 24.3 Å². The van der Waals surface area contributed by atoms with Crippen LogP contribution < -0.4 is 16.0 Å². The Morgan fingerprint density at radius 1 is 1.00 bits per heavy atom. The third-order valence-electron chi connectivity index (χ3n) is 8.46. The highest BCUT2D eigenvalue weighted by atomic mass is 19.1. The molecule has 2 atom stereocenters. The molecule has 7 rings (SSSR count). The number of nitrogens with two attached hydrogens (primary N) is 1. The molecule has 0 spiro atoms. The summed E-state index contributed by atoms with van der Waals surface area (Å²) < 4.78 is 16.1. The quantitative estimate of drug-likeness (QED) is 0.280. The number of primary amides is 1. The largest absolute Gasteiger partial charge is 0.364 e. The molecule has 1 fully saturated rings. The van der Waals surface area contributed by atoms with Crippen LogP contribution in [0, 0.1) is 0 Å². The normalized spacial score (nSPS) is 17.6. The Morgan fingerprint density at radius 3 is 2.70 bits per heavy atom. The lowest BCUT2D eigenvalue weighted by Gasteiger charge is -2.30. The molecule has 0 aliphatic carbocycles. The molecule has 0 saturated carbocycles. The van der Waals surface area contributed by atoms with Crippen LogP contribution in [0.15, 0.2) is 79.3 Å². The highest BCUT2D eigenvalue weighted by molar-refractivity contribution is 6.05. The smallest absolute Gasteiger partial charge is 0.269 e. The summed E-state index contributed by atoms with van der Waals surface area (Å²) in [6, 6.07) is 17.6. The first-order valence-electron chi connectivity index (χ1n) is 15.0. The number of amides is 3. The molecule has 5 heterocycles. The maximum atomic E-state index is 14.8. The molecule has 5 aromatic rings. The number of nitrogens with one attached hydrogen (secondary N) is 1. The van der Waals surface area contributed by atoms with E-state index in [1.54, 1.807) is 48.9 Å². The number of aromatic nitrogens is 5. The van der Waals surface area contributed by atoms with Gasteiger partial charge in [0.25, 0.3) is 5.91 Å². The summed E-state index contributed by atoms with van der Waals surface area (Å²) in [5.41, 5.74) is 10.5. The van der Waals surface area contributed by atoms with Crippen molar-refractivity contribution >= 4 is 45.8 Å². The number of likely N-dealkylation sites (tertiary alicyclic amines) is 1. The molecule has 232 valence electrons. The average molecular weight is 620 g/mol. The molecular formula is C33H30FN9O3. The summed E-state index contributed by atoms with van der Waals surface area (Å²) in [4.78, 5) is 47.2. The number of alkyl halides is 1. The predicted octanol–water partition coefficient (Wildman–Crippen LogP) is 3.65. The average Bonchev–Trinajstić information content (AvgIpc) is 3.65. The SMILES string of the molecule is NC(=O)c1nn(CC(=O)N2CC(F)CC2C(=O)Nc2ccnc(N3CCCc4ccccc43)c2)c2ccc(-c3ccnnc3)cc12. The molecule has 2 aliphatic rings. The lowest BCUT2D eigenvalue weighted by molar-refractivity contribution is -0.137. The third-order valence-corrected chi connectivity index (χ3v) is 8.46. The number of benzene rings is 2. The maximum absolute atomic E-state index is 14.8. The Labute approximate surface area is 263 Å². The fourth-order valence-electron chi connectivity index (χ4n) is 6.29. The van der Waals surface area contributed by atoms with Gasteiger partial charge in [0.05, 0.1) is 24.5 Å². The number of hydrogen-bond donors (Lipinski definition) is 2. The van der Waals surface area contributed by atoms with Crippen LogP contribution in [0.4, 0.5) is 21.6 Å². The molecule has 2 aromatic carbocycles. The highest BCUT2D eigenvalue weighted by Crippen LogP contribution is 2.33. The van der Waals surface area contributed by atoms with Crippen LogP contribution in [-0.4, -0.2) is 72.9 Å². The Bertz CT molecular complexity index is 1960. The molecule has 13 heteroatoms. The number of aryl methyl sites for hydroxylation is 1. The van der Waals surface area contributed by atoms with E-state index in [1.165, 1.54) is 15.1 Å². The number of hydrogen-bond acceptors (Lipinski definition) is 8. The summed E-state index contributed by atoms with van der Waals surface area (Å²) in [6.45, 7) is 0.242. The lowest BCUT2D eigenvalue weighted by atomic mass is 10.0. The van der Waals surface area contributed by atoms with Gasteiger partial charge >= 0.3 is 0 Å². The molecule has 0 radical (unpaired) electrons. The number of carbonyl (C=O) groups excluding carboxylic acids is 3. The fraction of sp³-hybridized carbons (Fsp3) is 0.242. The van der Waals surface area contributed by atoms with Gasteiger partial charge in [-0.3, -0.25) is 19.1 Å². The summed E-state index contributed by atoms with van der Waals surface area (Å²) in [7, 11) is 0. The molecule has 2 aliphatic heterocycles. The predicted molar refractivity (Wildman–Crippen MR) is 169 cm³/mol. The number of nitrogens with zero attached hydrogens (tertiary/aromatic N) is 7. The van der Waals surface area contributed by atoms with E-state index in [-0.39, 0.29) is 25.2 Å². The number of anilines is 3. The van der Waals surface area contributed by atoms with E-state index in [0.717, 1.165) is 36.2 Å². The number of halogens is 1. The van der Waals surface area contributed by atoms with Crippen molar-refractivity contribution in [2.24, 2.45) is 5.73 Å². The van der Waals surface area contributed by atoms with E-state index >= 15 is 0 Å². The summed E-state index contributed by atoms with van der Waals surface area (Å²) in [5, 5.41) is 15.3. The topological polar surface area (TPSA) is 152 Å². The zero-order valence-corrected chi connectivity index (χ0v) is 24.7. The molecule has 46 heavy (non-hydrogen) atoms. The van der Waals surface area contributed by atoms with Crippen molar-refractivity contribution in [3.8, 4) is 11.1 Å². The molecule has 3 amide bonds. The molecule has 2 unspecified atom stereocenters. The van der Waals surface area contributed by atoms with Crippen LogP contribution in [0.25, 0.3) is 22.0 Å². The second kappa shape index (κ2) is 12.0. The Hall–Kier alpha value is -5.72. The Morgan fingerprint density at radius 2 is 1.87 bits per heavy atom. The Balaban J connectivity index is 1.10. The van der Waals surface area contributed by atoms with E-state index in [4.69, 9.17) is 5.73 Å². The van der Waals surface area contributed by atoms with Gasteiger partial charge in [-0.15, -0.1) is 0 Å². The van der Waals surface area contributed by atoms with Gasteiger partial charge in [0.2, 0.25) is 11.8 Å². The van der Waals surface area contributed by atoms with Crippen molar-refractivity contribution in [2.75, 3.05) is 23.3 Å². The second-order valence-electron chi connectivity index (χ2n) is 11.4. The third kappa shape index (κ3) is 5.51. The van der Waals surface area contributed by atoms with Crippen molar-refractivity contribution in [2.45, 2.75) is 38.0 Å². The summed E-state index contributed by atoms with van der Waals surface area (Å²) in [5.74, 6) is -1.08. The van der Waals surface area contributed by atoms with E-state index in [2.05, 4.69) is 42.6 Å². The van der Waals surface area contributed by atoms with E-state index < -0.39 is 29.9 Å². The first-order chi connectivity index (χ1) is 22.4. The van der Waals surface area contributed by atoms with E-state index in [9.17, 15) is 18.8 Å². The number of carbonyl (C=O) groups is 3. The van der Waals surface area contributed by atoms with Crippen molar-refractivity contribution < 1.29 is 18.8 Å². The number of pyridine rings is 1. The van der Waals surface area contributed by atoms with Crippen LogP contribution >= 0.6 is 0 Å². The van der Waals surface area contributed by atoms with Gasteiger partial charge in [0.1, 0.15) is 24.6 Å². The highest BCUT2D eigenvalue weighted by Gasteiger charge is 2.40. The van der Waals surface area contributed by atoms with Crippen molar-refractivity contribution in [1.29, 1.82) is 0 Å². The standard InChI is InChI=1S/C33H30FN9O3/c34-23-15-28(33(46)39-24-10-11-36-29(16-24)41-13-3-5-20-4-1-2-6-26(20)41)42(18-23)30(44)19-43-27-8-7-21(22-9-12-37-38-17-22)14-25(27)31(40-43)32(35)45/h1-2,4,6-12,14,16-17,23,28H,3,5,13,15,18-19H2,(H2,35,45)(H,36,39,46). The first kappa shape index (κ1) is 29.0. The van der Waals surface area contributed by atoms with Crippen molar-refractivity contribution in [3.63, 3.8) is 0 Å². The van der Waals surface area contributed by atoms with Crippen LogP contribution in [-0.2, 0) is 22.6 Å². The number of rotatable bonds is 7. The monoisotopic (exact) mass is 619 g/mol. The number of fused-ring (bicyclic) bond motifs is 2. The minimum absolute atomic E-state index is 0.00410. The van der Waals surface area contributed by atoms with Crippen LogP contribution in [0.1, 0.15) is 28.9 Å². The van der Waals surface area contributed by atoms with Gasteiger partial charge in [-0.05, 0) is 54.3 Å². The van der Waals surface area contributed by atoms with Gasteiger partial charge in [0, 0.05) is 47.6 Å². The van der Waals surface area contributed by atoms with Crippen LogP contribution in [0.2, 0.25) is 0 Å². The summed E-state index contributed by atoms with van der Waals surface area (Å²) >= 11 is 0. The maximum Gasteiger partial charge on any atom is 0.269 e. The lowest BCUT2D eigenvalue weighted by Crippen LogP contribution is -2.44. The molecule has 3 N–H and O–H groups in total. The van der Waals surface area contributed by atoms with Gasteiger partial charge in [-0.2, -0.15) is 15.3 Å². The first-order valence-corrected chi connectivity index (χ1v) is 15.0. The van der Waals surface area contributed by atoms with Gasteiger partial charge in [0.15, 0.2) is 5.69 Å². The van der Waals surface area contributed by atoms with Crippen LogP contribution in [0.5, 0.6) is 0 Å². The van der Waals surface area contributed by atoms with Crippen molar-refractivity contribution in [1.82, 2.24) is 29.9 Å². The van der Waals surface area contributed by atoms with Crippen molar-refractivity contribution in [3.05, 3.63) is 90.5 Å². The minimum atomic E-state index is -1.37. The molecule has 1 saturated heterocycles. The summed E-state index contributed by atoms with van der Waals surface area (Å²) in [6.07, 6.45) is 5.22.